The van der Waals surface area contributed by atoms with Gasteiger partial charge in [0.15, 0.2) is 0 Å². The first-order valence-corrected chi connectivity index (χ1v) is 3.31. The molecule has 1 aromatic rings. The second kappa shape index (κ2) is 6.29. The van der Waals surface area contributed by atoms with Crippen molar-refractivity contribution < 1.29 is 9.67 Å². The van der Waals surface area contributed by atoms with Gasteiger partial charge in [0, 0.05) is 0 Å². The molecule has 0 bridgehead atoms. The number of aliphatic hydroxyl groups excluding tert-OH is 1. The monoisotopic (exact) mass is 173 g/mol. The molecule has 0 atom stereocenters. The molecule has 1 heterocycles. The standard InChI is InChI=1S/C6H11N2O.HNO2/c1-7-2-3-8(6-7)4-5-9;2-1-3/h2-3,6,9H,4-5H2,1H3;(H,2,3)/q+1;/p-1. The van der Waals surface area contributed by atoms with Crippen LogP contribution in [-0.4, -0.2) is 16.3 Å². The Morgan fingerprint density at radius 3 is 2.67 bits per heavy atom. The van der Waals surface area contributed by atoms with E-state index in [9.17, 15) is 0 Å². The van der Waals surface area contributed by atoms with Crippen LogP contribution in [0.5, 0.6) is 0 Å². The van der Waals surface area contributed by atoms with Crippen molar-refractivity contribution >= 4 is 0 Å². The van der Waals surface area contributed by atoms with Gasteiger partial charge in [0.25, 0.3) is 0 Å². The van der Waals surface area contributed by atoms with Gasteiger partial charge >= 0.3 is 0 Å². The highest BCUT2D eigenvalue weighted by atomic mass is 16.6. The average molecular weight is 173 g/mol. The van der Waals surface area contributed by atoms with Crippen LogP contribution in [0.1, 0.15) is 0 Å². The third-order valence-corrected chi connectivity index (χ3v) is 1.18. The van der Waals surface area contributed by atoms with Gasteiger partial charge in [-0.2, -0.15) is 0 Å². The van der Waals surface area contributed by atoms with Crippen LogP contribution in [0.25, 0.3) is 0 Å². The van der Waals surface area contributed by atoms with E-state index in [1.165, 1.54) is 0 Å². The van der Waals surface area contributed by atoms with Crippen molar-refractivity contribution in [2.75, 3.05) is 6.61 Å². The minimum atomic E-state index is 0.203. The Morgan fingerprint density at radius 1 is 1.75 bits per heavy atom. The number of hydrogen-bond acceptors (Lipinski definition) is 4. The fraction of sp³-hybridized carbons (Fsp3) is 0.500. The highest BCUT2D eigenvalue weighted by Crippen LogP contribution is 1.80. The van der Waals surface area contributed by atoms with E-state index in [0.717, 1.165) is 5.34 Å². The second-order valence-electron chi connectivity index (χ2n) is 2.12. The fourth-order valence-electron chi connectivity index (χ4n) is 0.749. The van der Waals surface area contributed by atoms with Crippen LogP contribution in [-0.2, 0) is 13.6 Å². The summed E-state index contributed by atoms with van der Waals surface area (Å²) >= 11 is 0. The first kappa shape index (κ1) is 10.6. The molecular formula is C6H11N3O3. The molecule has 0 radical (unpaired) electrons. The Hall–Kier alpha value is -1.43. The van der Waals surface area contributed by atoms with Crippen LogP contribution in [0.4, 0.5) is 0 Å². The predicted molar refractivity (Wildman–Crippen MR) is 41.9 cm³/mol. The Kier molecular flexibility index (Phi) is 5.54. The molecule has 0 fully saturated rings. The summed E-state index contributed by atoms with van der Waals surface area (Å²) in [5.41, 5.74) is 0. The lowest BCUT2D eigenvalue weighted by Crippen LogP contribution is -2.23. The molecule has 1 rings (SSSR count). The van der Waals surface area contributed by atoms with Gasteiger partial charge in [-0.15, -0.1) is 5.34 Å². The first-order chi connectivity index (χ1) is 5.74. The van der Waals surface area contributed by atoms with Crippen LogP contribution in [0.3, 0.4) is 0 Å². The predicted octanol–water partition coefficient (Wildman–Crippen LogP) is -0.445. The minimum absolute atomic E-state index is 0.203. The maximum absolute atomic E-state index is 8.50. The molecule has 0 aliphatic heterocycles. The Balaban J connectivity index is 0.000000354. The van der Waals surface area contributed by atoms with Crippen molar-refractivity contribution in [2.45, 2.75) is 6.54 Å². The Bertz CT molecular complexity index is 224. The van der Waals surface area contributed by atoms with Crippen molar-refractivity contribution in [1.29, 1.82) is 0 Å². The fourth-order valence-corrected chi connectivity index (χ4v) is 0.749. The number of rotatable bonds is 2. The molecule has 6 heteroatoms. The molecule has 0 saturated heterocycles. The third kappa shape index (κ3) is 4.40. The summed E-state index contributed by atoms with van der Waals surface area (Å²) < 4.78 is 3.87. The van der Waals surface area contributed by atoms with E-state index in [4.69, 9.17) is 15.2 Å². The van der Waals surface area contributed by atoms with E-state index in [2.05, 4.69) is 0 Å². The lowest BCUT2D eigenvalue weighted by Gasteiger charge is -1.86. The maximum Gasteiger partial charge on any atom is 0.243 e. The van der Waals surface area contributed by atoms with Crippen molar-refractivity contribution in [2.24, 2.45) is 12.4 Å². The molecule has 0 saturated carbocycles. The van der Waals surface area contributed by atoms with E-state index < -0.39 is 0 Å². The molecule has 0 aromatic carbocycles. The number of imidazole rings is 1. The molecule has 0 aliphatic rings. The number of aromatic nitrogens is 2. The largest absolute Gasteiger partial charge is 0.444 e. The summed E-state index contributed by atoms with van der Waals surface area (Å²) in [5.74, 6) is 0. The summed E-state index contributed by atoms with van der Waals surface area (Å²) in [6.45, 7) is 0.884. The maximum atomic E-state index is 8.50. The van der Waals surface area contributed by atoms with E-state index in [-0.39, 0.29) is 6.61 Å². The highest BCUT2D eigenvalue weighted by molar-refractivity contribution is 4.64. The zero-order valence-corrected chi connectivity index (χ0v) is 6.75. The van der Waals surface area contributed by atoms with Gasteiger partial charge in [0.1, 0.15) is 18.9 Å². The molecule has 0 unspecified atom stereocenters. The second-order valence-corrected chi connectivity index (χ2v) is 2.12. The number of aliphatic hydroxyl groups is 1. The normalized spacial score (nSPS) is 8.50. The molecule has 1 N–H and O–H groups in total. The summed E-state index contributed by atoms with van der Waals surface area (Å²) in [7, 11) is 1.95. The van der Waals surface area contributed by atoms with Gasteiger partial charge in [-0.05, 0) is 0 Å². The smallest absolute Gasteiger partial charge is 0.243 e. The Morgan fingerprint density at radius 2 is 2.33 bits per heavy atom. The molecule has 0 spiro atoms. The SMILES string of the molecule is C[n+]1ccn(CCO)c1.O=N[O-]. The molecule has 0 amide bonds. The van der Waals surface area contributed by atoms with Gasteiger partial charge in [-0.3, -0.25) is 0 Å². The van der Waals surface area contributed by atoms with Crippen LogP contribution < -0.4 is 4.57 Å². The lowest BCUT2D eigenvalue weighted by molar-refractivity contribution is -0.671. The first-order valence-electron chi connectivity index (χ1n) is 3.31. The van der Waals surface area contributed by atoms with Crippen molar-refractivity contribution in [3.8, 4) is 0 Å². The van der Waals surface area contributed by atoms with Gasteiger partial charge in [-0.1, -0.05) is 0 Å². The summed E-state index contributed by atoms with van der Waals surface area (Å²) in [6, 6.07) is 0. The van der Waals surface area contributed by atoms with Crippen LogP contribution in [0, 0.1) is 10.1 Å². The quantitative estimate of drug-likeness (QED) is 0.374. The number of hydrogen-bond donors (Lipinski definition) is 1. The average Bonchev–Trinajstić information content (AvgIpc) is 2.38. The van der Waals surface area contributed by atoms with Crippen LogP contribution in [0.2, 0.25) is 0 Å². The summed E-state index contributed by atoms with van der Waals surface area (Å²) in [4.78, 5) is 8.00. The van der Waals surface area contributed by atoms with Crippen molar-refractivity contribution in [3.05, 3.63) is 28.8 Å². The van der Waals surface area contributed by atoms with Crippen LogP contribution in [0.15, 0.2) is 24.1 Å². The molecule has 68 valence electrons. The zero-order valence-electron chi connectivity index (χ0n) is 6.75. The van der Waals surface area contributed by atoms with E-state index in [1.807, 2.05) is 34.9 Å². The molecule has 0 aliphatic carbocycles. The summed E-state index contributed by atoms with van der Waals surface area (Å²) in [5, 5.41) is 17.5. The topological polar surface area (TPSA) is 81.5 Å². The number of aryl methyl sites for hydroxylation is 1. The van der Waals surface area contributed by atoms with E-state index in [1.54, 1.807) is 0 Å². The van der Waals surface area contributed by atoms with Gasteiger partial charge < -0.3 is 15.2 Å². The van der Waals surface area contributed by atoms with Crippen molar-refractivity contribution in [3.63, 3.8) is 0 Å². The lowest BCUT2D eigenvalue weighted by atomic mass is 10.7. The van der Waals surface area contributed by atoms with E-state index in [0.29, 0.717) is 6.54 Å². The summed E-state index contributed by atoms with van der Waals surface area (Å²) in [6.07, 6.45) is 5.79. The molecule has 12 heavy (non-hydrogen) atoms. The Labute approximate surface area is 69.6 Å². The van der Waals surface area contributed by atoms with E-state index >= 15 is 0 Å². The van der Waals surface area contributed by atoms with Crippen molar-refractivity contribution in [1.82, 2.24) is 4.57 Å². The molecular weight excluding hydrogens is 162 g/mol. The zero-order chi connectivity index (χ0) is 9.40. The minimum Gasteiger partial charge on any atom is -0.444 e. The third-order valence-electron chi connectivity index (χ3n) is 1.18. The molecule has 1 aromatic heterocycles. The van der Waals surface area contributed by atoms with Crippen LogP contribution >= 0.6 is 0 Å². The van der Waals surface area contributed by atoms with Gasteiger partial charge in [-0.25, -0.2) is 9.13 Å². The number of nitrogens with zero attached hydrogens (tertiary/aromatic N) is 3. The molecule has 6 nitrogen and oxygen atoms in total. The van der Waals surface area contributed by atoms with Gasteiger partial charge in [0.05, 0.1) is 13.7 Å². The van der Waals surface area contributed by atoms with Gasteiger partial charge in [0.2, 0.25) is 6.33 Å². The highest BCUT2D eigenvalue weighted by Gasteiger charge is 1.95.